The fourth-order valence-corrected chi connectivity index (χ4v) is 2.92. The summed E-state index contributed by atoms with van der Waals surface area (Å²) in [6, 6.07) is 0. The third-order valence-electron chi connectivity index (χ3n) is 2.86. The molecule has 1 aromatic rings. The molecule has 1 aliphatic heterocycles. The van der Waals surface area contributed by atoms with Crippen molar-refractivity contribution >= 4 is 16.5 Å². The molecular weight excluding hydrogens is 206 g/mol. The minimum Gasteiger partial charge on any atom is -0.375 e. The summed E-state index contributed by atoms with van der Waals surface area (Å²) in [5.41, 5.74) is 6.88. The first-order valence-corrected chi connectivity index (χ1v) is 6.57. The molecule has 0 fully saturated rings. The second kappa shape index (κ2) is 4.94. The molecule has 0 spiro atoms. The first-order valence-electron chi connectivity index (χ1n) is 5.76. The van der Waals surface area contributed by atoms with E-state index in [1.807, 2.05) is 0 Å². The van der Waals surface area contributed by atoms with Gasteiger partial charge in [0.15, 0.2) is 5.13 Å². The first kappa shape index (κ1) is 10.9. The van der Waals surface area contributed by atoms with Crippen molar-refractivity contribution in [1.82, 2.24) is 9.88 Å². The number of nitrogens with two attached hydrogens (primary N) is 1. The largest absolute Gasteiger partial charge is 0.375 e. The molecule has 2 N–H and O–H groups in total. The van der Waals surface area contributed by atoms with Crippen molar-refractivity contribution in [1.29, 1.82) is 0 Å². The van der Waals surface area contributed by atoms with Crippen molar-refractivity contribution in [2.75, 3.05) is 12.3 Å². The summed E-state index contributed by atoms with van der Waals surface area (Å²) in [6.45, 7) is 5.54. The maximum absolute atomic E-state index is 5.66. The van der Waals surface area contributed by atoms with E-state index in [9.17, 15) is 0 Å². The van der Waals surface area contributed by atoms with E-state index in [1.165, 1.54) is 42.8 Å². The molecule has 0 saturated carbocycles. The molecule has 84 valence electrons. The molecule has 0 bridgehead atoms. The van der Waals surface area contributed by atoms with E-state index in [1.54, 1.807) is 11.3 Å². The van der Waals surface area contributed by atoms with Crippen molar-refractivity contribution in [3.05, 3.63) is 10.6 Å². The van der Waals surface area contributed by atoms with Crippen LogP contribution in [0.3, 0.4) is 0 Å². The minimum atomic E-state index is 0.727. The highest BCUT2D eigenvalue weighted by atomic mass is 32.1. The number of nitrogen functional groups attached to an aromatic ring is 1. The van der Waals surface area contributed by atoms with Crippen LogP contribution in [-0.2, 0) is 13.1 Å². The van der Waals surface area contributed by atoms with E-state index in [2.05, 4.69) is 16.8 Å². The van der Waals surface area contributed by atoms with Crippen LogP contribution in [0.2, 0.25) is 0 Å². The Balaban J connectivity index is 1.73. The number of thiazole rings is 1. The van der Waals surface area contributed by atoms with Crippen LogP contribution in [-0.4, -0.2) is 16.4 Å². The summed E-state index contributed by atoms with van der Waals surface area (Å²) in [7, 11) is 0. The second-order valence-corrected chi connectivity index (χ2v) is 5.31. The number of nitrogens with zero attached hydrogens (tertiary/aromatic N) is 2. The van der Waals surface area contributed by atoms with Crippen molar-refractivity contribution in [3.63, 3.8) is 0 Å². The second-order valence-electron chi connectivity index (χ2n) is 4.19. The first-order chi connectivity index (χ1) is 7.29. The Morgan fingerprint density at radius 2 is 2.20 bits per heavy atom. The molecule has 0 radical (unpaired) electrons. The predicted octanol–water partition coefficient (Wildman–Crippen LogP) is 2.62. The lowest BCUT2D eigenvalue weighted by Crippen LogP contribution is -2.17. The normalized spacial score (nSPS) is 15.8. The molecule has 2 heterocycles. The average Bonchev–Trinajstić information content (AvgIpc) is 2.69. The van der Waals surface area contributed by atoms with Gasteiger partial charge in [-0.1, -0.05) is 26.2 Å². The van der Waals surface area contributed by atoms with E-state index < -0.39 is 0 Å². The number of anilines is 1. The van der Waals surface area contributed by atoms with Gasteiger partial charge in [-0.2, -0.15) is 0 Å². The van der Waals surface area contributed by atoms with E-state index in [0.717, 1.165) is 18.2 Å². The van der Waals surface area contributed by atoms with Crippen LogP contribution in [0.25, 0.3) is 0 Å². The number of hydrogen-bond acceptors (Lipinski definition) is 4. The lowest BCUT2D eigenvalue weighted by molar-refractivity contribution is 0.276. The molecule has 1 aromatic heterocycles. The van der Waals surface area contributed by atoms with Crippen LogP contribution >= 0.6 is 11.3 Å². The summed E-state index contributed by atoms with van der Waals surface area (Å²) in [4.78, 5) is 8.19. The summed E-state index contributed by atoms with van der Waals surface area (Å²) in [5, 5.41) is 0.727. The standard InChI is InChI=1S/C11H19N3S/c1-2-3-4-5-6-14-7-9-10(8-14)15-11(12)13-9/h2-8H2,1H3,(H2,12,13). The van der Waals surface area contributed by atoms with E-state index in [0.29, 0.717) is 0 Å². The summed E-state index contributed by atoms with van der Waals surface area (Å²) >= 11 is 1.65. The maximum Gasteiger partial charge on any atom is 0.180 e. The fraction of sp³-hybridized carbons (Fsp3) is 0.727. The summed E-state index contributed by atoms with van der Waals surface area (Å²) in [5.74, 6) is 0. The van der Waals surface area contributed by atoms with Gasteiger partial charge in [0.25, 0.3) is 0 Å². The van der Waals surface area contributed by atoms with Gasteiger partial charge in [-0.05, 0) is 13.0 Å². The monoisotopic (exact) mass is 225 g/mol. The van der Waals surface area contributed by atoms with Crippen LogP contribution in [0, 0.1) is 0 Å². The van der Waals surface area contributed by atoms with Gasteiger partial charge in [-0.3, -0.25) is 4.90 Å². The van der Waals surface area contributed by atoms with Gasteiger partial charge < -0.3 is 5.73 Å². The third kappa shape index (κ3) is 2.69. The zero-order valence-corrected chi connectivity index (χ0v) is 10.1. The van der Waals surface area contributed by atoms with E-state index in [4.69, 9.17) is 5.73 Å². The van der Waals surface area contributed by atoms with E-state index in [-0.39, 0.29) is 0 Å². The van der Waals surface area contributed by atoms with Crippen molar-refractivity contribution in [2.24, 2.45) is 0 Å². The summed E-state index contributed by atoms with van der Waals surface area (Å²) in [6.07, 6.45) is 5.35. The SMILES string of the molecule is CCCCCCN1Cc2nc(N)sc2C1. The van der Waals surface area contributed by atoms with Gasteiger partial charge >= 0.3 is 0 Å². The maximum atomic E-state index is 5.66. The molecule has 3 nitrogen and oxygen atoms in total. The number of aromatic nitrogens is 1. The van der Waals surface area contributed by atoms with Crippen LogP contribution in [0.1, 0.15) is 43.2 Å². The van der Waals surface area contributed by atoms with Crippen molar-refractivity contribution in [3.8, 4) is 0 Å². The van der Waals surface area contributed by atoms with Crippen molar-refractivity contribution in [2.45, 2.75) is 45.7 Å². The molecule has 0 aromatic carbocycles. The molecule has 0 unspecified atom stereocenters. The lowest BCUT2D eigenvalue weighted by Gasteiger charge is -2.13. The fourth-order valence-electron chi connectivity index (χ4n) is 2.04. The highest BCUT2D eigenvalue weighted by Gasteiger charge is 2.22. The molecule has 4 heteroatoms. The average molecular weight is 225 g/mol. The molecule has 1 aliphatic rings. The quantitative estimate of drug-likeness (QED) is 0.783. The van der Waals surface area contributed by atoms with Crippen LogP contribution < -0.4 is 5.73 Å². The predicted molar refractivity (Wildman–Crippen MR) is 64.8 cm³/mol. The van der Waals surface area contributed by atoms with Crippen LogP contribution in [0.15, 0.2) is 0 Å². The summed E-state index contributed by atoms with van der Waals surface area (Å²) < 4.78 is 0. The molecule has 0 atom stereocenters. The highest BCUT2D eigenvalue weighted by Crippen LogP contribution is 2.29. The molecule has 2 rings (SSSR count). The zero-order chi connectivity index (χ0) is 10.7. The molecular formula is C11H19N3S. The Hall–Kier alpha value is -0.610. The van der Waals surface area contributed by atoms with Gasteiger partial charge in [0.2, 0.25) is 0 Å². The number of fused-ring (bicyclic) bond motifs is 1. The van der Waals surface area contributed by atoms with Gasteiger partial charge in [-0.15, -0.1) is 11.3 Å². The number of hydrogen-bond donors (Lipinski definition) is 1. The van der Waals surface area contributed by atoms with Crippen molar-refractivity contribution < 1.29 is 0 Å². The van der Waals surface area contributed by atoms with Crippen LogP contribution in [0.4, 0.5) is 5.13 Å². The number of rotatable bonds is 5. The molecule has 15 heavy (non-hydrogen) atoms. The third-order valence-corrected chi connectivity index (χ3v) is 3.77. The van der Waals surface area contributed by atoms with Crippen LogP contribution in [0.5, 0.6) is 0 Å². The highest BCUT2D eigenvalue weighted by molar-refractivity contribution is 7.15. The molecule has 0 amide bonds. The van der Waals surface area contributed by atoms with Gasteiger partial charge in [0.1, 0.15) is 0 Å². The Morgan fingerprint density at radius 1 is 1.33 bits per heavy atom. The Labute approximate surface area is 95.3 Å². The molecule has 0 saturated heterocycles. The number of unbranched alkanes of at least 4 members (excludes halogenated alkanes) is 3. The van der Waals surface area contributed by atoms with E-state index >= 15 is 0 Å². The zero-order valence-electron chi connectivity index (χ0n) is 9.33. The topological polar surface area (TPSA) is 42.2 Å². The van der Waals surface area contributed by atoms with Gasteiger partial charge in [0, 0.05) is 18.0 Å². The Bertz CT molecular complexity index is 298. The Kier molecular flexibility index (Phi) is 3.59. The van der Waals surface area contributed by atoms with Gasteiger partial charge in [0.05, 0.1) is 5.69 Å². The Morgan fingerprint density at radius 3 is 2.93 bits per heavy atom. The molecule has 0 aliphatic carbocycles. The minimum absolute atomic E-state index is 0.727. The lowest BCUT2D eigenvalue weighted by atomic mass is 10.2. The van der Waals surface area contributed by atoms with Gasteiger partial charge in [-0.25, -0.2) is 4.98 Å². The smallest absolute Gasteiger partial charge is 0.180 e.